The van der Waals surface area contributed by atoms with E-state index in [0.717, 1.165) is 5.56 Å². The Morgan fingerprint density at radius 2 is 1.60 bits per heavy atom. The van der Waals surface area contributed by atoms with E-state index in [4.69, 9.17) is 4.74 Å². The monoisotopic (exact) mass is 412 g/mol. The summed E-state index contributed by atoms with van der Waals surface area (Å²) in [6, 6.07) is 12.3. The fraction of sp³-hybridized carbons (Fsp3) is 0.391. The third-order valence-electron chi connectivity index (χ3n) is 4.75. The molecule has 7 nitrogen and oxygen atoms in total. The summed E-state index contributed by atoms with van der Waals surface area (Å²) in [6.45, 7) is 9.89. The molecule has 2 rings (SSSR count). The van der Waals surface area contributed by atoms with Gasteiger partial charge in [-0.2, -0.15) is 0 Å². The first-order chi connectivity index (χ1) is 14.0. The Balaban J connectivity index is 2.01. The number of nitro groups is 1. The van der Waals surface area contributed by atoms with Crippen LogP contribution >= 0.6 is 0 Å². The minimum absolute atomic E-state index is 0.0167. The van der Waals surface area contributed by atoms with Crippen LogP contribution in [0.5, 0.6) is 0 Å². The van der Waals surface area contributed by atoms with Crippen molar-refractivity contribution in [2.75, 3.05) is 0 Å². The van der Waals surface area contributed by atoms with Gasteiger partial charge in [-0.1, -0.05) is 46.8 Å². The average molecular weight is 412 g/mol. The number of hydrogen-bond donors (Lipinski definition) is 1. The molecule has 0 bridgehead atoms. The maximum Gasteiger partial charge on any atom is 0.329 e. The van der Waals surface area contributed by atoms with Crippen molar-refractivity contribution in [3.8, 4) is 0 Å². The van der Waals surface area contributed by atoms with E-state index in [1.54, 1.807) is 12.1 Å². The van der Waals surface area contributed by atoms with Crippen LogP contribution in [0.4, 0.5) is 5.69 Å². The highest BCUT2D eigenvalue weighted by Crippen LogP contribution is 2.22. The van der Waals surface area contributed by atoms with E-state index in [9.17, 15) is 19.7 Å². The lowest BCUT2D eigenvalue weighted by molar-refractivity contribution is -0.384. The normalized spacial score (nSPS) is 12.3. The number of hydrogen-bond acceptors (Lipinski definition) is 5. The van der Waals surface area contributed by atoms with E-state index in [2.05, 4.69) is 26.1 Å². The summed E-state index contributed by atoms with van der Waals surface area (Å²) in [5, 5.41) is 13.5. The summed E-state index contributed by atoms with van der Waals surface area (Å²) in [7, 11) is 0. The number of amides is 1. The minimum atomic E-state index is -0.808. The number of carbonyl (C=O) groups is 2. The van der Waals surface area contributed by atoms with E-state index >= 15 is 0 Å². The van der Waals surface area contributed by atoms with Crippen molar-refractivity contribution in [1.29, 1.82) is 0 Å². The highest BCUT2D eigenvalue weighted by Gasteiger charge is 2.26. The molecule has 30 heavy (non-hydrogen) atoms. The van der Waals surface area contributed by atoms with Crippen molar-refractivity contribution < 1.29 is 19.2 Å². The van der Waals surface area contributed by atoms with Gasteiger partial charge in [0.1, 0.15) is 12.6 Å². The highest BCUT2D eigenvalue weighted by atomic mass is 16.6. The molecule has 0 aromatic heterocycles. The van der Waals surface area contributed by atoms with Gasteiger partial charge in [-0.25, -0.2) is 4.79 Å². The number of ether oxygens (including phenoxy) is 1. The molecule has 0 heterocycles. The van der Waals surface area contributed by atoms with Crippen LogP contribution in [0.25, 0.3) is 0 Å². The van der Waals surface area contributed by atoms with Crippen molar-refractivity contribution in [3.63, 3.8) is 0 Å². The van der Waals surface area contributed by atoms with E-state index < -0.39 is 16.9 Å². The van der Waals surface area contributed by atoms with Crippen LogP contribution < -0.4 is 5.32 Å². The second-order valence-electron chi connectivity index (χ2n) is 8.55. The van der Waals surface area contributed by atoms with Crippen LogP contribution in [0.3, 0.4) is 0 Å². The predicted octanol–water partition coefficient (Wildman–Crippen LogP) is 4.39. The van der Waals surface area contributed by atoms with Gasteiger partial charge < -0.3 is 10.1 Å². The van der Waals surface area contributed by atoms with Crippen molar-refractivity contribution in [2.45, 2.75) is 52.7 Å². The van der Waals surface area contributed by atoms with Crippen LogP contribution in [-0.2, 0) is 21.6 Å². The molecule has 2 aromatic carbocycles. The van der Waals surface area contributed by atoms with Gasteiger partial charge in [0, 0.05) is 17.7 Å². The molecule has 0 radical (unpaired) electrons. The lowest BCUT2D eigenvalue weighted by Gasteiger charge is -2.22. The molecule has 2 aromatic rings. The van der Waals surface area contributed by atoms with Gasteiger partial charge in [-0.15, -0.1) is 0 Å². The first-order valence-corrected chi connectivity index (χ1v) is 9.80. The van der Waals surface area contributed by atoms with E-state index in [-0.39, 0.29) is 29.5 Å². The zero-order valence-electron chi connectivity index (χ0n) is 18.0. The fourth-order valence-electron chi connectivity index (χ4n) is 2.80. The smallest absolute Gasteiger partial charge is 0.329 e. The molecular formula is C23H28N2O5. The molecule has 0 fully saturated rings. The third-order valence-corrected chi connectivity index (χ3v) is 4.75. The minimum Gasteiger partial charge on any atom is -0.459 e. The van der Waals surface area contributed by atoms with Crippen LogP contribution in [-0.4, -0.2) is 22.8 Å². The van der Waals surface area contributed by atoms with Crippen LogP contribution in [0.2, 0.25) is 0 Å². The molecule has 1 amide bonds. The highest BCUT2D eigenvalue weighted by molar-refractivity contribution is 5.96. The molecule has 7 heteroatoms. The van der Waals surface area contributed by atoms with Crippen LogP contribution in [0, 0.1) is 16.0 Å². The first kappa shape index (κ1) is 23.1. The Morgan fingerprint density at radius 1 is 1.03 bits per heavy atom. The lowest BCUT2D eigenvalue weighted by Crippen LogP contribution is -2.45. The Labute approximate surface area is 176 Å². The maximum atomic E-state index is 12.6. The SMILES string of the molecule is CC(C)[C@H](NC(=O)c1ccc(C(C)(C)C)cc1)C(=O)OCc1ccc([N+](=O)[O-])cc1. The van der Waals surface area contributed by atoms with Crippen molar-refractivity contribution in [1.82, 2.24) is 5.32 Å². The average Bonchev–Trinajstić information content (AvgIpc) is 2.69. The van der Waals surface area contributed by atoms with Crippen molar-refractivity contribution >= 4 is 17.6 Å². The number of benzene rings is 2. The molecule has 0 saturated heterocycles. The molecule has 0 aliphatic carbocycles. The second-order valence-corrected chi connectivity index (χ2v) is 8.55. The van der Waals surface area contributed by atoms with Gasteiger partial charge in [0.25, 0.3) is 11.6 Å². The zero-order valence-corrected chi connectivity index (χ0v) is 18.0. The number of nitrogens with one attached hydrogen (secondary N) is 1. The van der Waals surface area contributed by atoms with Gasteiger partial charge in [0.2, 0.25) is 0 Å². The van der Waals surface area contributed by atoms with E-state index in [1.165, 1.54) is 24.3 Å². The van der Waals surface area contributed by atoms with Gasteiger partial charge in [-0.3, -0.25) is 14.9 Å². The molecular weight excluding hydrogens is 384 g/mol. The lowest BCUT2D eigenvalue weighted by atomic mass is 9.86. The molecule has 0 aliphatic rings. The summed E-state index contributed by atoms with van der Waals surface area (Å²) in [6.07, 6.45) is 0. The van der Waals surface area contributed by atoms with Gasteiger partial charge in [0.15, 0.2) is 0 Å². The zero-order chi connectivity index (χ0) is 22.5. The predicted molar refractivity (Wildman–Crippen MR) is 114 cm³/mol. The maximum absolute atomic E-state index is 12.6. The van der Waals surface area contributed by atoms with Crippen molar-refractivity contribution in [3.05, 3.63) is 75.3 Å². The molecule has 1 atom stereocenters. The summed E-state index contributed by atoms with van der Waals surface area (Å²) >= 11 is 0. The summed E-state index contributed by atoms with van der Waals surface area (Å²) in [4.78, 5) is 35.4. The molecule has 0 unspecified atom stereocenters. The quantitative estimate of drug-likeness (QED) is 0.413. The summed E-state index contributed by atoms with van der Waals surface area (Å²) in [5.74, 6) is -1.07. The molecule has 0 saturated carbocycles. The number of non-ortho nitro benzene ring substituents is 1. The Bertz CT molecular complexity index is 897. The van der Waals surface area contributed by atoms with Crippen LogP contribution in [0.1, 0.15) is 56.1 Å². The Kier molecular flexibility index (Phi) is 7.32. The van der Waals surface area contributed by atoms with Gasteiger partial charge in [0.05, 0.1) is 4.92 Å². The molecule has 0 spiro atoms. The topological polar surface area (TPSA) is 98.5 Å². The number of esters is 1. The van der Waals surface area contributed by atoms with Crippen molar-refractivity contribution in [2.24, 2.45) is 5.92 Å². The summed E-state index contributed by atoms with van der Waals surface area (Å²) < 4.78 is 5.33. The number of nitrogens with zero attached hydrogens (tertiary/aromatic N) is 1. The fourth-order valence-corrected chi connectivity index (χ4v) is 2.80. The Hall–Kier alpha value is -3.22. The largest absolute Gasteiger partial charge is 0.459 e. The first-order valence-electron chi connectivity index (χ1n) is 9.80. The number of nitro benzene ring substituents is 1. The Morgan fingerprint density at radius 3 is 2.07 bits per heavy atom. The van der Waals surface area contributed by atoms with Gasteiger partial charge in [-0.05, 0) is 46.7 Å². The molecule has 0 aliphatic heterocycles. The number of carbonyl (C=O) groups excluding carboxylic acids is 2. The number of rotatable bonds is 7. The summed E-state index contributed by atoms with van der Waals surface area (Å²) in [5.41, 5.74) is 2.16. The molecule has 160 valence electrons. The standard InChI is InChI=1S/C23H28N2O5/c1-15(2)20(22(27)30-14-16-6-12-19(13-7-16)25(28)29)24-21(26)17-8-10-18(11-9-17)23(3,4)5/h6-13,15,20H,14H2,1-5H3,(H,24,26)/t20-/m0/s1. The third kappa shape index (κ3) is 6.14. The van der Waals surface area contributed by atoms with Gasteiger partial charge >= 0.3 is 5.97 Å². The van der Waals surface area contributed by atoms with E-state index in [1.807, 2.05) is 26.0 Å². The molecule has 1 N–H and O–H groups in total. The van der Waals surface area contributed by atoms with E-state index in [0.29, 0.717) is 11.1 Å². The van der Waals surface area contributed by atoms with Crippen LogP contribution in [0.15, 0.2) is 48.5 Å². The second kappa shape index (κ2) is 9.52.